The SMILES string of the molecule is COC(=O)c1cc(/C=C/C(=O)Nc2ccc(C)c(S(=O)(=O)Nc3ccccc3OC)c2)oc1C. The van der Waals surface area contributed by atoms with E-state index in [9.17, 15) is 18.0 Å². The molecule has 1 amide bonds. The Hall–Kier alpha value is -4.05. The van der Waals surface area contributed by atoms with Crippen molar-refractivity contribution in [1.82, 2.24) is 0 Å². The van der Waals surface area contributed by atoms with Gasteiger partial charge < -0.3 is 19.2 Å². The first-order valence-electron chi connectivity index (χ1n) is 10.1. The van der Waals surface area contributed by atoms with E-state index >= 15 is 0 Å². The number of sulfonamides is 1. The number of hydrogen-bond donors (Lipinski definition) is 2. The summed E-state index contributed by atoms with van der Waals surface area (Å²) >= 11 is 0. The number of nitrogens with one attached hydrogen (secondary N) is 2. The fourth-order valence-electron chi connectivity index (χ4n) is 3.14. The Balaban J connectivity index is 1.77. The molecule has 0 bridgehead atoms. The van der Waals surface area contributed by atoms with E-state index in [1.807, 2.05) is 0 Å². The van der Waals surface area contributed by atoms with Gasteiger partial charge >= 0.3 is 5.97 Å². The first kappa shape index (κ1) is 24.6. The zero-order valence-corrected chi connectivity index (χ0v) is 19.9. The van der Waals surface area contributed by atoms with Crippen molar-refractivity contribution in [2.75, 3.05) is 24.3 Å². The molecule has 10 heteroatoms. The van der Waals surface area contributed by atoms with E-state index in [-0.39, 0.29) is 16.1 Å². The van der Waals surface area contributed by atoms with Crippen LogP contribution in [0.1, 0.15) is 27.4 Å². The van der Waals surface area contributed by atoms with E-state index in [1.165, 1.54) is 38.5 Å². The van der Waals surface area contributed by atoms with Crippen molar-refractivity contribution in [2.45, 2.75) is 18.7 Å². The summed E-state index contributed by atoms with van der Waals surface area (Å²) in [5, 5.41) is 2.62. The van der Waals surface area contributed by atoms with Crippen LogP contribution in [0.15, 0.2) is 63.9 Å². The second-order valence-electron chi connectivity index (χ2n) is 7.22. The number of furan rings is 1. The van der Waals surface area contributed by atoms with Crippen LogP contribution in [0.2, 0.25) is 0 Å². The van der Waals surface area contributed by atoms with Crippen molar-refractivity contribution >= 4 is 39.4 Å². The van der Waals surface area contributed by atoms with Gasteiger partial charge in [-0.05, 0) is 55.8 Å². The molecule has 0 spiro atoms. The third kappa shape index (κ3) is 5.65. The van der Waals surface area contributed by atoms with Gasteiger partial charge in [-0.2, -0.15) is 0 Å². The lowest BCUT2D eigenvalue weighted by Gasteiger charge is -2.14. The average Bonchev–Trinajstić information content (AvgIpc) is 3.19. The van der Waals surface area contributed by atoms with Crippen LogP contribution >= 0.6 is 0 Å². The number of benzene rings is 2. The van der Waals surface area contributed by atoms with E-state index < -0.39 is 21.9 Å². The first-order chi connectivity index (χ1) is 16.1. The number of aryl methyl sites for hydroxylation is 2. The van der Waals surface area contributed by atoms with Gasteiger partial charge in [0, 0.05) is 11.8 Å². The fraction of sp³-hybridized carbons (Fsp3) is 0.167. The maximum absolute atomic E-state index is 13.0. The quantitative estimate of drug-likeness (QED) is 0.364. The molecule has 0 aliphatic heterocycles. The number of hydrogen-bond acceptors (Lipinski definition) is 7. The summed E-state index contributed by atoms with van der Waals surface area (Å²) in [6, 6.07) is 12.7. The highest BCUT2D eigenvalue weighted by atomic mass is 32.2. The summed E-state index contributed by atoms with van der Waals surface area (Å²) in [4.78, 5) is 24.1. The van der Waals surface area contributed by atoms with Gasteiger partial charge in [0.1, 0.15) is 22.8 Å². The molecule has 0 fully saturated rings. The third-order valence-corrected chi connectivity index (χ3v) is 6.35. The van der Waals surface area contributed by atoms with Crippen LogP contribution < -0.4 is 14.8 Å². The number of para-hydroxylation sites is 2. The van der Waals surface area contributed by atoms with Crippen LogP contribution in [0.3, 0.4) is 0 Å². The predicted octanol–water partition coefficient (Wildman–Crippen LogP) is 4.14. The predicted molar refractivity (Wildman–Crippen MR) is 127 cm³/mol. The molecule has 34 heavy (non-hydrogen) atoms. The minimum absolute atomic E-state index is 0.00423. The molecule has 0 aliphatic rings. The third-order valence-electron chi connectivity index (χ3n) is 4.84. The van der Waals surface area contributed by atoms with Crippen molar-refractivity contribution in [3.8, 4) is 5.75 Å². The Morgan fingerprint density at radius 1 is 1.03 bits per heavy atom. The molecular weight excluding hydrogens is 460 g/mol. The standard InChI is InChI=1S/C24H24N2O7S/c1-15-9-10-17(13-22(15)34(29,30)26-20-7-5-6-8-21(20)31-3)25-23(27)12-11-18-14-19(16(2)33-18)24(28)32-4/h5-14,26H,1-4H3,(H,25,27)/b12-11+. The van der Waals surface area contributed by atoms with Gasteiger partial charge in [-0.25, -0.2) is 13.2 Å². The van der Waals surface area contributed by atoms with Gasteiger partial charge in [-0.3, -0.25) is 9.52 Å². The number of carbonyl (C=O) groups is 2. The number of esters is 1. The summed E-state index contributed by atoms with van der Waals surface area (Å²) in [5.74, 6) is -0.0232. The van der Waals surface area contributed by atoms with Crippen LogP contribution in [-0.4, -0.2) is 34.5 Å². The molecule has 3 rings (SSSR count). The van der Waals surface area contributed by atoms with Crippen molar-refractivity contribution in [2.24, 2.45) is 0 Å². The maximum Gasteiger partial charge on any atom is 0.341 e. The maximum atomic E-state index is 13.0. The summed E-state index contributed by atoms with van der Waals surface area (Å²) in [6.45, 7) is 3.26. The number of amides is 1. The van der Waals surface area contributed by atoms with Crippen molar-refractivity contribution in [3.63, 3.8) is 0 Å². The van der Waals surface area contributed by atoms with Gasteiger partial charge in [0.05, 0.1) is 24.8 Å². The molecule has 2 N–H and O–H groups in total. The van der Waals surface area contributed by atoms with Gasteiger partial charge in [-0.15, -0.1) is 0 Å². The van der Waals surface area contributed by atoms with Crippen LogP contribution in [0, 0.1) is 13.8 Å². The Bertz CT molecular complexity index is 1360. The largest absolute Gasteiger partial charge is 0.495 e. The molecule has 3 aromatic rings. The Morgan fingerprint density at radius 3 is 2.47 bits per heavy atom. The molecule has 0 radical (unpaired) electrons. The second kappa shape index (κ2) is 10.3. The highest BCUT2D eigenvalue weighted by Crippen LogP contribution is 2.28. The minimum Gasteiger partial charge on any atom is -0.495 e. The Kier molecular flexibility index (Phi) is 7.42. The normalized spacial score (nSPS) is 11.3. The number of methoxy groups -OCH3 is 2. The highest BCUT2D eigenvalue weighted by Gasteiger charge is 2.20. The lowest BCUT2D eigenvalue weighted by atomic mass is 10.2. The van der Waals surface area contributed by atoms with Crippen LogP contribution in [-0.2, 0) is 19.6 Å². The smallest absolute Gasteiger partial charge is 0.341 e. The molecule has 1 aromatic heterocycles. The fourth-order valence-corrected chi connectivity index (χ4v) is 4.48. The van der Waals surface area contributed by atoms with Gasteiger partial charge in [0.2, 0.25) is 5.91 Å². The summed E-state index contributed by atoms with van der Waals surface area (Å²) < 4.78 is 43.8. The molecule has 2 aromatic carbocycles. The summed E-state index contributed by atoms with van der Waals surface area (Å²) in [6.07, 6.45) is 2.60. The van der Waals surface area contributed by atoms with E-state index in [4.69, 9.17) is 9.15 Å². The molecule has 0 atom stereocenters. The van der Waals surface area contributed by atoms with E-state index in [2.05, 4.69) is 14.8 Å². The van der Waals surface area contributed by atoms with Crippen molar-refractivity contribution in [3.05, 3.63) is 77.3 Å². The summed E-state index contributed by atoms with van der Waals surface area (Å²) in [5.41, 5.74) is 1.34. The van der Waals surface area contributed by atoms with Crippen LogP contribution in [0.4, 0.5) is 11.4 Å². The number of carbonyl (C=O) groups excluding carboxylic acids is 2. The monoisotopic (exact) mass is 484 g/mol. The molecule has 1 heterocycles. The number of anilines is 2. The van der Waals surface area contributed by atoms with Gasteiger partial charge in [0.25, 0.3) is 10.0 Å². The average molecular weight is 485 g/mol. The molecule has 0 saturated heterocycles. The Morgan fingerprint density at radius 2 is 1.76 bits per heavy atom. The molecule has 0 unspecified atom stereocenters. The first-order valence-corrected chi connectivity index (χ1v) is 11.6. The zero-order valence-electron chi connectivity index (χ0n) is 19.0. The van der Waals surface area contributed by atoms with Gasteiger partial charge in [0.15, 0.2) is 0 Å². The second-order valence-corrected chi connectivity index (χ2v) is 8.87. The lowest BCUT2D eigenvalue weighted by molar-refractivity contribution is -0.111. The van der Waals surface area contributed by atoms with Crippen molar-refractivity contribution in [1.29, 1.82) is 0 Å². The van der Waals surface area contributed by atoms with E-state index in [0.717, 1.165) is 0 Å². The lowest BCUT2D eigenvalue weighted by Crippen LogP contribution is -2.16. The van der Waals surface area contributed by atoms with Crippen LogP contribution in [0.25, 0.3) is 6.08 Å². The molecular formula is C24H24N2O7S. The van der Waals surface area contributed by atoms with Crippen LogP contribution in [0.5, 0.6) is 5.75 Å². The number of rotatable bonds is 8. The minimum atomic E-state index is -3.96. The zero-order chi connectivity index (χ0) is 24.9. The Labute approximate surface area is 197 Å². The topological polar surface area (TPSA) is 124 Å². The van der Waals surface area contributed by atoms with E-state index in [0.29, 0.717) is 28.5 Å². The van der Waals surface area contributed by atoms with Gasteiger partial charge in [-0.1, -0.05) is 18.2 Å². The van der Waals surface area contributed by atoms with Crippen molar-refractivity contribution < 1.29 is 31.9 Å². The molecule has 9 nitrogen and oxygen atoms in total. The molecule has 178 valence electrons. The summed E-state index contributed by atoms with van der Waals surface area (Å²) in [7, 11) is -1.25. The molecule has 0 saturated carbocycles. The number of ether oxygens (including phenoxy) is 2. The molecule has 0 aliphatic carbocycles. The van der Waals surface area contributed by atoms with E-state index in [1.54, 1.807) is 50.2 Å². The highest BCUT2D eigenvalue weighted by molar-refractivity contribution is 7.92.